The highest BCUT2D eigenvalue weighted by Gasteiger charge is 2.27. The molecule has 3 aromatic carbocycles. The molecule has 0 atom stereocenters. The van der Waals surface area contributed by atoms with Crippen molar-refractivity contribution in [1.29, 1.82) is 0 Å². The maximum Gasteiger partial charge on any atom is 0.261 e. The normalized spacial score (nSPS) is 14.6. The summed E-state index contributed by atoms with van der Waals surface area (Å²) >= 11 is 5.31. The van der Waals surface area contributed by atoms with E-state index in [0.717, 1.165) is 12.0 Å². The summed E-state index contributed by atoms with van der Waals surface area (Å²) in [4.78, 5) is 15.2. The van der Waals surface area contributed by atoms with E-state index in [4.69, 9.17) is 17.0 Å². The Morgan fingerprint density at radius 2 is 1.57 bits per heavy atom. The summed E-state index contributed by atoms with van der Waals surface area (Å²) in [7, 11) is -1.58. The standard InChI is InChI=1S/C27H30N4O4S2/c1-30-16-18-31(19-17-30)37(33,34)23-13-11-22(12-14-23)28-27(36)29-26(32)24-9-5-6-10-25(24)35-20-15-21-7-3-2-4-8-21/h2-14H,15-20H2,1H3,(H2,28,29,32,36). The molecule has 0 saturated carbocycles. The maximum absolute atomic E-state index is 12.9. The fourth-order valence-corrected chi connectivity index (χ4v) is 5.56. The first-order chi connectivity index (χ1) is 17.8. The van der Waals surface area contributed by atoms with Crippen molar-refractivity contribution in [2.24, 2.45) is 0 Å². The number of para-hydroxylation sites is 1. The summed E-state index contributed by atoms with van der Waals surface area (Å²) in [5.41, 5.74) is 2.08. The monoisotopic (exact) mass is 538 g/mol. The molecule has 0 unspecified atom stereocenters. The molecule has 8 nitrogen and oxygen atoms in total. The van der Waals surface area contributed by atoms with E-state index < -0.39 is 15.9 Å². The number of carbonyl (C=O) groups excluding carboxylic acids is 1. The number of likely N-dealkylation sites (N-methyl/N-ethyl adjacent to an activating group) is 1. The second kappa shape index (κ2) is 12.3. The first kappa shape index (κ1) is 26.7. The average molecular weight is 539 g/mol. The number of carbonyl (C=O) groups is 1. The minimum absolute atomic E-state index is 0.0961. The van der Waals surface area contributed by atoms with Gasteiger partial charge in [-0.05, 0) is 61.2 Å². The number of sulfonamides is 1. The lowest BCUT2D eigenvalue weighted by Gasteiger charge is -2.31. The Morgan fingerprint density at radius 1 is 0.919 bits per heavy atom. The van der Waals surface area contributed by atoms with Crippen molar-refractivity contribution < 1.29 is 17.9 Å². The van der Waals surface area contributed by atoms with E-state index in [2.05, 4.69) is 15.5 Å². The number of hydrogen-bond acceptors (Lipinski definition) is 6. The third-order valence-electron chi connectivity index (χ3n) is 6.06. The molecule has 10 heteroatoms. The van der Waals surface area contributed by atoms with Gasteiger partial charge >= 0.3 is 0 Å². The van der Waals surface area contributed by atoms with Gasteiger partial charge in [-0.15, -0.1) is 0 Å². The SMILES string of the molecule is CN1CCN(S(=O)(=O)c2ccc(NC(=S)NC(=O)c3ccccc3OCCc3ccccc3)cc2)CC1. The van der Waals surface area contributed by atoms with Crippen molar-refractivity contribution in [1.82, 2.24) is 14.5 Å². The molecule has 0 radical (unpaired) electrons. The van der Waals surface area contributed by atoms with Crippen LogP contribution in [0.15, 0.2) is 83.8 Å². The molecule has 0 aliphatic carbocycles. The van der Waals surface area contributed by atoms with E-state index in [1.165, 1.54) is 16.4 Å². The van der Waals surface area contributed by atoms with Gasteiger partial charge in [-0.1, -0.05) is 42.5 Å². The number of piperazine rings is 1. The van der Waals surface area contributed by atoms with E-state index in [0.29, 0.717) is 49.8 Å². The lowest BCUT2D eigenvalue weighted by atomic mass is 10.1. The third kappa shape index (κ3) is 7.14. The Bertz CT molecular complexity index is 1320. The second-order valence-electron chi connectivity index (χ2n) is 8.72. The minimum Gasteiger partial charge on any atom is -0.492 e. The summed E-state index contributed by atoms with van der Waals surface area (Å²) in [5.74, 6) is 0.0688. The van der Waals surface area contributed by atoms with Gasteiger partial charge in [0.2, 0.25) is 10.0 Å². The summed E-state index contributed by atoms with van der Waals surface area (Å²) < 4.78 is 33.2. The van der Waals surface area contributed by atoms with Crippen LogP contribution in [0.3, 0.4) is 0 Å². The molecule has 1 aliphatic rings. The molecule has 0 aromatic heterocycles. The zero-order valence-electron chi connectivity index (χ0n) is 20.6. The van der Waals surface area contributed by atoms with Gasteiger partial charge in [0.25, 0.3) is 5.91 Å². The summed E-state index contributed by atoms with van der Waals surface area (Å²) in [5, 5.41) is 5.69. The van der Waals surface area contributed by atoms with E-state index in [9.17, 15) is 13.2 Å². The zero-order valence-corrected chi connectivity index (χ0v) is 22.2. The highest BCUT2D eigenvalue weighted by Crippen LogP contribution is 2.21. The molecule has 3 aromatic rings. The Hall–Kier alpha value is -3.31. The summed E-state index contributed by atoms with van der Waals surface area (Å²) in [6.45, 7) is 2.77. The topological polar surface area (TPSA) is 91.0 Å². The van der Waals surface area contributed by atoms with Crippen molar-refractivity contribution in [3.8, 4) is 5.75 Å². The zero-order chi connectivity index (χ0) is 26.3. The van der Waals surface area contributed by atoms with Crippen LogP contribution in [0.1, 0.15) is 15.9 Å². The fourth-order valence-electron chi connectivity index (χ4n) is 3.92. The number of nitrogens with one attached hydrogen (secondary N) is 2. The Balaban J connectivity index is 1.32. The van der Waals surface area contributed by atoms with E-state index in [-0.39, 0.29) is 10.0 Å². The number of amides is 1. The Morgan fingerprint density at radius 3 is 2.27 bits per heavy atom. The molecule has 1 heterocycles. The van der Waals surface area contributed by atoms with Crippen LogP contribution in [-0.2, 0) is 16.4 Å². The van der Waals surface area contributed by atoms with E-state index in [1.807, 2.05) is 43.4 Å². The maximum atomic E-state index is 12.9. The van der Waals surface area contributed by atoms with Gasteiger partial charge in [0.15, 0.2) is 5.11 Å². The van der Waals surface area contributed by atoms with Gasteiger partial charge in [0.1, 0.15) is 5.75 Å². The predicted molar refractivity (Wildman–Crippen MR) is 148 cm³/mol. The molecule has 37 heavy (non-hydrogen) atoms. The number of thiocarbonyl (C=S) groups is 1. The van der Waals surface area contributed by atoms with Crippen LogP contribution in [-0.4, -0.2) is 68.5 Å². The first-order valence-electron chi connectivity index (χ1n) is 12.0. The van der Waals surface area contributed by atoms with Crippen LogP contribution >= 0.6 is 12.2 Å². The molecule has 1 aliphatic heterocycles. The molecule has 1 saturated heterocycles. The van der Waals surface area contributed by atoms with Gasteiger partial charge < -0.3 is 15.0 Å². The van der Waals surface area contributed by atoms with Gasteiger partial charge in [0, 0.05) is 38.3 Å². The highest BCUT2D eigenvalue weighted by molar-refractivity contribution is 7.89. The van der Waals surface area contributed by atoms with Gasteiger partial charge in [-0.2, -0.15) is 4.31 Å². The quantitative estimate of drug-likeness (QED) is 0.425. The largest absolute Gasteiger partial charge is 0.492 e. The minimum atomic E-state index is -3.55. The van der Waals surface area contributed by atoms with Crippen LogP contribution in [0.4, 0.5) is 5.69 Å². The van der Waals surface area contributed by atoms with Crippen LogP contribution in [0.5, 0.6) is 5.75 Å². The van der Waals surface area contributed by atoms with Crippen LogP contribution in [0.25, 0.3) is 0 Å². The molecule has 1 fully saturated rings. The number of benzene rings is 3. The molecule has 194 valence electrons. The summed E-state index contributed by atoms with van der Waals surface area (Å²) in [6, 6.07) is 23.3. The Labute approximate surface area is 223 Å². The molecular weight excluding hydrogens is 508 g/mol. The molecular formula is C27H30N4O4S2. The number of ether oxygens (including phenoxy) is 1. The van der Waals surface area contributed by atoms with E-state index >= 15 is 0 Å². The predicted octanol–water partition coefficient (Wildman–Crippen LogP) is 3.37. The Kier molecular flexibility index (Phi) is 8.88. The van der Waals surface area contributed by atoms with Crippen LogP contribution < -0.4 is 15.4 Å². The smallest absolute Gasteiger partial charge is 0.261 e. The third-order valence-corrected chi connectivity index (χ3v) is 8.18. The first-order valence-corrected chi connectivity index (χ1v) is 13.8. The van der Waals surface area contributed by atoms with Crippen molar-refractivity contribution >= 4 is 38.9 Å². The lowest BCUT2D eigenvalue weighted by Crippen LogP contribution is -2.46. The number of rotatable bonds is 8. The molecule has 0 spiro atoms. The van der Waals surface area contributed by atoms with Crippen LogP contribution in [0.2, 0.25) is 0 Å². The van der Waals surface area contributed by atoms with E-state index in [1.54, 1.807) is 30.3 Å². The van der Waals surface area contributed by atoms with Crippen molar-refractivity contribution in [2.45, 2.75) is 11.3 Å². The summed E-state index contributed by atoms with van der Waals surface area (Å²) in [6.07, 6.45) is 0.720. The van der Waals surface area contributed by atoms with Gasteiger partial charge in [-0.25, -0.2) is 8.42 Å². The van der Waals surface area contributed by atoms with Gasteiger partial charge in [0.05, 0.1) is 17.1 Å². The fraction of sp³-hybridized carbons (Fsp3) is 0.259. The average Bonchev–Trinajstić information content (AvgIpc) is 2.90. The molecule has 2 N–H and O–H groups in total. The van der Waals surface area contributed by atoms with Gasteiger partial charge in [-0.3, -0.25) is 10.1 Å². The highest BCUT2D eigenvalue weighted by atomic mass is 32.2. The second-order valence-corrected chi connectivity index (χ2v) is 11.1. The number of anilines is 1. The van der Waals surface area contributed by atoms with Crippen molar-refractivity contribution in [3.63, 3.8) is 0 Å². The number of hydrogen-bond donors (Lipinski definition) is 2. The lowest BCUT2D eigenvalue weighted by molar-refractivity contribution is 0.0973. The van der Waals surface area contributed by atoms with Crippen molar-refractivity contribution in [3.05, 3.63) is 90.0 Å². The molecule has 0 bridgehead atoms. The molecule has 4 rings (SSSR count). The van der Waals surface area contributed by atoms with Crippen molar-refractivity contribution in [2.75, 3.05) is 45.2 Å². The molecule has 1 amide bonds. The van der Waals surface area contributed by atoms with Crippen LogP contribution in [0, 0.1) is 0 Å². The number of nitrogens with zero attached hydrogens (tertiary/aromatic N) is 2.